The van der Waals surface area contributed by atoms with Crippen LogP contribution in [0.3, 0.4) is 0 Å². The first-order valence-electron chi connectivity index (χ1n) is 23.2. The first-order chi connectivity index (χ1) is 31.4. The van der Waals surface area contributed by atoms with Gasteiger partial charge >= 0.3 is 5.97 Å². The molecule has 15 nitrogen and oxygen atoms in total. The van der Waals surface area contributed by atoms with Gasteiger partial charge in [-0.05, 0) is 117 Å². The van der Waals surface area contributed by atoms with Crippen LogP contribution < -0.4 is 10.7 Å². The molecule has 0 radical (unpaired) electrons. The van der Waals surface area contributed by atoms with Crippen molar-refractivity contribution >= 4 is 40.5 Å². The predicted molar refractivity (Wildman–Crippen MR) is 254 cm³/mol. The summed E-state index contributed by atoms with van der Waals surface area (Å²) in [6.45, 7) is 16.0. The van der Waals surface area contributed by atoms with Crippen molar-refractivity contribution in [1.82, 2.24) is 40.0 Å². The van der Waals surface area contributed by atoms with E-state index >= 15 is 0 Å². The molecular weight excluding hydrogens is 837 g/mol. The topological polar surface area (TPSA) is 170 Å². The molecule has 15 heteroatoms. The molecule has 66 heavy (non-hydrogen) atoms. The lowest BCUT2D eigenvalue weighted by Gasteiger charge is -2.37. The average molecular weight is 903 g/mol. The number of hydrogen-bond donors (Lipinski definition) is 3. The number of pyridine rings is 1. The molecule has 5 heterocycles. The zero-order chi connectivity index (χ0) is 47.6. The maximum atomic E-state index is 14.7. The highest BCUT2D eigenvalue weighted by Gasteiger charge is 2.40. The standard InChI is InChI=1S/C51H66N8O7/c1-10-44(61)57-20-17-34(29-57)48(63)56(9)45(31(3)4)47(62)53-42-23-32-21-35(24-37(60)22-32)33-14-15-43-39(25-33)40(46(58(43)11-2)38-16-18-52-27-36(38)28-55(7)8)26-51(5,6)30-66-50(65)41-13-12-19-59(54-41)49(42)64/h10,14-16,18,21-22,24-25,27,31,34,41-42,45,54,60H,1,11-13,17,19-20,23,26,28-30H2,2-9H3,(H,53,62)/t34-,41-,42-,45?/m0/s1. The van der Waals surface area contributed by atoms with E-state index in [0.29, 0.717) is 50.9 Å². The smallest absolute Gasteiger partial charge is 0.324 e. The Hall–Kier alpha value is -6.06. The number of carbonyl (C=O) groups is 5. The van der Waals surface area contributed by atoms with Gasteiger partial charge in [-0.2, -0.15) is 0 Å². The van der Waals surface area contributed by atoms with Crippen LogP contribution in [0.15, 0.2) is 67.5 Å². The summed E-state index contributed by atoms with van der Waals surface area (Å²) in [7, 11) is 5.66. The number of aryl methyl sites for hydroxylation is 1. The zero-order valence-electron chi connectivity index (χ0n) is 39.7. The molecule has 4 aromatic rings. The second-order valence-electron chi connectivity index (χ2n) is 19.6. The number of rotatable bonds is 10. The molecule has 0 spiro atoms. The van der Waals surface area contributed by atoms with Crippen molar-refractivity contribution in [2.24, 2.45) is 17.3 Å². The van der Waals surface area contributed by atoms with Gasteiger partial charge in [0.1, 0.15) is 23.9 Å². The maximum Gasteiger partial charge on any atom is 0.324 e. The molecule has 352 valence electrons. The van der Waals surface area contributed by atoms with E-state index in [2.05, 4.69) is 70.7 Å². The van der Waals surface area contributed by atoms with Crippen molar-refractivity contribution in [3.05, 3.63) is 84.2 Å². The first-order valence-corrected chi connectivity index (χ1v) is 23.2. The summed E-state index contributed by atoms with van der Waals surface area (Å²) < 4.78 is 8.45. The van der Waals surface area contributed by atoms with Crippen LogP contribution in [0.2, 0.25) is 0 Å². The van der Waals surface area contributed by atoms with Crippen LogP contribution >= 0.6 is 0 Å². The highest BCUT2D eigenvalue weighted by Crippen LogP contribution is 2.41. The molecule has 1 unspecified atom stereocenters. The lowest BCUT2D eigenvalue weighted by molar-refractivity contribution is -0.155. The number of nitrogens with zero attached hydrogens (tertiary/aromatic N) is 6. The van der Waals surface area contributed by atoms with Crippen LogP contribution in [-0.2, 0) is 54.6 Å². The minimum Gasteiger partial charge on any atom is -0.508 e. The van der Waals surface area contributed by atoms with Gasteiger partial charge in [0.25, 0.3) is 5.91 Å². The lowest BCUT2D eigenvalue weighted by atomic mass is 9.84. The number of ether oxygens (including phenoxy) is 1. The fraction of sp³-hybridized carbons (Fsp3) is 0.490. The quantitative estimate of drug-likeness (QED) is 0.140. The number of phenolic OH excluding ortho intramolecular Hbond substituents is 1. The van der Waals surface area contributed by atoms with Crippen LogP contribution in [0.25, 0.3) is 33.3 Å². The largest absolute Gasteiger partial charge is 0.508 e. The number of benzene rings is 2. The number of aromatic hydroxyl groups is 1. The van der Waals surface area contributed by atoms with E-state index in [-0.39, 0.29) is 49.6 Å². The van der Waals surface area contributed by atoms with Gasteiger partial charge in [-0.1, -0.05) is 46.4 Å². The molecule has 3 aliphatic rings. The fourth-order valence-corrected chi connectivity index (χ4v) is 10.0. The zero-order valence-corrected chi connectivity index (χ0v) is 39.7. The van der Waals surface area contributed by atoms with Crippen molar-refractivity contribution in [3.8, 4) is 28.1 Å². The molecule has 3 aliphatic heterocycles. The van der Waals surface area contributed by atoms with E-state index in [9.17, 15) is 29.1 Å². The Kier molecular flexibility index (Phi) is 14.4. The van der Waals surface area contributed by atoms with E-state index in [4.69, 9.17) is 4.74 Å². The van der Waals surface area contributed by atoms with E-state index in [1.807, 2.05) is 52.5 Å². The predicted octanol–water partition coefficient (Wildman–Crippen LogP) is 5.32. The number of fused-ring (bicyclic) bond motifs is 6. The number of hydrazine groups is 1. The van der Waals surface area contributed by atoms with Gasteiger partial charge in [-0.25, -0.2) is 5.43 Å². The number of amides is 4. The molecule has 2 fully saturated rings. The third-order valence-electron chi connectivity index (χ3n) is 13.2. The molecule has 4 atom stereocenters. The van der Waals surface area contributed by atoms with Crippen LogP contribution in [-0.4, -0.2) is 129 Å². The number of carbonyl (C=O) groups excluding carboxylic acids is 5. The molecule has 2 aromatic carbocycles. The van der Waals surface area contributed by atoms with Crippen molar-refractivity contribution in [2.75, 3.05) is 47.4 Å². The van der Waals surface area contributed by atoms with E-state index < -0.39 is 47.2 Å². The SMILES string of the molecule is C=CC(=O)N1CC[C@H](C(=O)N(C)C(C(=O)N[C@H]2Cc3cc(O)cc(c3)-c3ccc4c(c3)c(c(-c3ccncc3CN(C)C)n4CC)CC(C)(C)COC(=O)[C@@H]3CCCN(N3)C2=O)C(C)C)C1. The molecule has 4 amide bonds. The van der Waals surface area contributed by atoms with Gasteiger partial charge in [-0.3, -0.25) is 34.0 Å². The first kappa shape index (κ1) is 47.9. The Balaban J connectivity index is 1.31. The average Bonchev–Trinajstić information content (AvgIpc) is 3.89. The third-order valence-corrected chi connectivity index (χ3v) is 13.2. The molecule has 2 aromatic heterocycles. The number of esters is 1. The molecule has 0 aliphatic carbocycles. The second kappa shape index (κ2) is 19.8. The summed E-state index contributed by atoms with van der Waals surface area (Å²) in [5.74, 6) is -2.82. The van der Waals surface area contributed by atoms with E-state index in [1.165, 1.54) is 16.0 Å². The number of likely N-dealkylation sites (N-methyl/N-ethyl adjacent to an activating group) is 1. The Morgan fingerprint density at radius 2 is 1.83 bits per heavy atom. The number of cyclic esters (lactones) is 1. The van der Waals surface area contributed by atoms with E-state index in [0.717, 1.165) is 44.4 Å². The van der Waals surface area contributed by atoms with Gasteiger partial charge < -0.3 is 34.4 Å². The minimum atomic E-state index is -1.16. The summed E-state index contributed by atoms with van der Waals surface area (Å²) in [6, 6.07) is 10.7. The highest BCUT2D eigenvalue weighted by atomic mass is 16.5. The van der Waals surface area contributed by atoms with Crippen LogP contribution in [0, 0.1) is 17.3 Å². The molecule has 3 N–H and O–H groups in total. The molecule has 6 bridgehead atoms. The van der Waals surface area contributed by atoms with Crippen LogP contribution in [0.5, 0.6) is 5.75 Å². The second-order valence-corrected chi connectivity index (χ2v) is 19.6. The van der Waals surface area contributed by atoms with Crippen molar-refractivity contribution in [2.45, 2.75) is 97.9 Å². The summed E-state index contributed by atoms with van der Waals surface area (Å²) in [5, 5.41) is 16.8. The van der Waals surface area contributed by atoms with Gasteiger partial charge in [0, 0.05) is 80.5 Å². The van der Waals surface area contributed by atoms with Crippen LogP contribution in [0.1, 0.15) is 70.6 Å². The Bertz CT molecular complexity index is 2510. The molecular formula is C51H66N8O7. The van der Waals surface area contributed by atoms with Gasteiger partial charge in [0.05, 0.1) is 18.2 Å². The van der Waals surface area contributed by atoms with Crippen molar-refractivity contribution < 1.29 is 33.8 Å². The molecule has 2 saturated heterocycles. The van der Waals surface area contributed by atoms with Crippen LogP contribution in [0.4, 0.5) is 0 Å². The number of aromatic nitrogens is 2. The van der Waals surface area contributed by atoms with Gasteiger partial charge in [0.2, 0.25) is 17.7 Å². The van der Waals surface area contributed by atoms with E-state index in [1.54, 1.807) is 24.1 Å². The Labute approximate surface area is 388 Å². The molecule has 7 rings (SSSR count). The van der Waals surface area contributed by atoms with Gasteiger partial charge in [-0.15, -0.1) is 0 Å². The summed E-state index contributed by atoms with van der Waals surface area (Å²) >= 11 is 0. The number of phenols is 1. The Morgan fingerprint density at radius 1 is 1.06 bits per heavy atom. The fourth-order valence-electron chi connectivity index (χ4n) is 10.0. The maximum absolute atomic E-state index is 14.7. The van der Waals surface area contributed by atoms with Gasteiger partial charge in [0.15, 0.2) is 0 Å². The summed E-state index contributed by atoms with van der Waals surface area (Å²) in [5.41, 5.74) is 10.2. The minimum absolute atomic E-state index is 0.00218. The van der Waals surface area contributed by atoms with Crippen molar-refractivity contribution in [3.63, 3.8) is 0 Å². The number of nitrogens with one attached hydrogen (secondary N) is 2. The summed E-state index contributed by atoms with van der Waals surface area (Å²) in [4.78, 5) is 79.0. The Morgan fingerprint density at radius 3 is 2.55 bits per heavy atom. The van der Waals surface area contributed by atoms with Crippen molar-refractivity contribution in [1.29, 1.82) is 0 Å². The lowest BCUT2D eigenvalue weighted by Crippen LogP contribution is -2.62. The molecule has 0 saturated carbocycles. The summed E-state index contributed by atoms with van der Waals surface area (Å²) in [6.07, 6.45) is 6.98. The third kappa shape index (κ3) is 10.2. The highest BCUT2D eigenvalue weighted by molar-refractivity contribution is 5.96. The number of likely N-dealkylation sites (tertiary alicyclic amines) is 1. The normalized spacial score (nSPS) is 20.5. The monoisotopic (exact) mass is 903 g/mol. The number of hydrogen-bond acceptors (Lipinski definition) is 10.